The number of para-hydroxylation sites is 2. The minimum atomic E-state index is -0.346. The van der Waals surface area contributed by atoms with Crippen molar-refractivity contribution in [3.63, 3.8) is 0 Å². The summed E-state index contributed by atoms with van der Waals surface area (Å²) < 4.78 is 0. The van der Waals surface area contributed by atoms with E-state index in [2.05, 4.69) is 31.5 Å². The molecule has 0 atom stereocenters. The molecule has 1 amide bonds. The highest BCUT2D eigenvalue weighted by Gasteiger charge is 2.28. The average Bonchev–Trinajstić information content (AvgIpc) is 2.72. The van der Waals surface area contributed by atoms with E-state index in [0.717, 1.165) is 12.1 Å². The third-order valence-electron chi connectivity index (χ3n) is 5.40. The van der Waals surface area contributed by atoms with E-state index in [1.807, 2.05) is 23.1 Å². The van der Waals surface area contributed by atoms with E-state index in [1.54, 1.807) is 12.1 Å². The minimum absolute atomic E-state index is 0.0549. The van der Waals surface area contributed by atoms with Crippen molar-refractivity contribution in [2.45, 2.75) is 25.9 Å². The highest BCUT2D eigenvalue weighted by Crippen LogP contribution is 2.31. The molecule has 1 aliphatic heterocycles. The molecule has 3 rings (SSSR count). The maximum atomic E-state index is 12.7. The number of hydrogen-bond acceptors (Lipinski definition) is 4. The summed E-state index contributed by atoms with van der Waals surface area (Å²) in [4.78, 5) is 26.9. The Bertz CT molecular complexity index is 861. The Morgan fingerprint density at radius 1 is 1.10 bits per heavy atom. The lowest BCUT2D eigenvalue weighted by molar-refractivity contribution is -0.872. The van der Waals surface area contributed by atoms with E-state index < -0.39 is 0 Å². The largest absolute Gasteiger partial charge is 0.366 e. The molecule has 0 unspecified atom stereocenters. The number of nitro benzene ring substituents is 1. The van der Waals surface area contributed by atoms with Crippen LogP contribution in [0.3, 0.4) is 0 Å². The molecule has 29 heavy (non-hydrogen) atoms. The first-order chi connectivity index (χ1) is 14.0. The van der Waals surface area contributed by atoms with Gasteiger partial charge in [-0.25, -0.2) is 0 Å². The van der Waals surface area contributed by atoms with Crippen LogP contribution in [0.15, 0.2) is 48.5 Å². The smallest absolute Gasteiger partial charge is 0.292 e. The van der Waals surface area contributed by atoms with Gasteiger partial charge >= 0.3 is 0 Å². The summed E-state index contributed by atoms with van der Waals surface area (Å²) in [6, 6.07) is 15.0. The summed E-state index contributed by atoms with van der Waals surface area (Å²) in [6.07, 6.45) is 1.39. The summed E-state index contributed by atoms with van der Waals surface area (Å²) in [7, 11) is 4.22. The van der Waals surface area contributed by atoms with Crippen molar-refractivity contribution in [1.82, 2.24) is 5.32 Å². The van der Waals surface area contributed by atoms with Crippen molar-refractivity contribution in [3.05, 3.63) is 69.8 Å². The fraction of sp³-hybridized carbons (Fsp3) is 0.409. The molecule has 0 aromatic heterocycles. The van der Waals surface area contributed by atoms with Gasteiger partial charge in [0.25, 0.3) is 5.69 Å². The van der Waals surface area contributed by atoms with Crippen molar-refractivity contribution in [2.75, 3.05) is 32.1 Å². The second kappa shape index (κ2) is 9.52. The molecule has 1 aliphatic rings. The highest BCUT2D eigenvalue weighted by molar-refractivity contribution is 5.79. The number of rotatable bonds is 7. The quantitative estimate of drug-likeness (QED) is 0.551. The van der Waals surface area contributed by atoms with Crippen LogP contribution in [-0.4, -0.2) is 38.0 Å². The first-order valence-electron chi connectivity index (χ1n) is 10.1. The number of nitrogens with zero attached hydrogens (tertiary/aromatic N) is 2. The van der Waals surface area contributed by atoms with Crippen molar-refractivity contribution in [1.29, 1.82) is 0 Å². The Morgan fingerprint density at radius 3 is 2.38 bits per heavy atom. The number of carbonyl (C=O) groups excluding carboxylic acids is 1. The number of quaternary nitrogens is 1. The molecule has 7 nitrogen and oxygen atoms in total. The molecule has 1 heterocycles. The molecule has 2 N–H and O–H groups in total. The standard InChI is InChI=1S/C22H28N4O3/c1-24(2)16-19-8-4-3-7-18(19)15-23-22(27)17-11-13-25(14-12-17)20-9-5-6-10-21(20)26(28)29/h3-10,17H,11-16H2,1-2H3,(H,23,27)/p+1. The lowest BCUT2D eigenvalue weighted by Gasteiger charge is -2.32. The fourth-order valence-corrected chi connectivity index (χ4v) is 3.88. The third kappa shape index (κ3) is 5.32. The van der Waals surface area contributed by atoms with Crippen LogP contribution in [0.4, 0.5) is 11.4 Å². The maximum absolute atomic E-state index is 12.7. The second-order valence-electron chi connectivity index (χ2n) is 7.88. The fourth-order valence-electron chi connectivity index (χ4n) is 3.88. The maximum Gasteiger partial charge on any atom is 0.292 e. The van der Waals surface area contributed by atoms with Gasteiger partial charge in [0.2, 0.25) is 5.91 Å². The Hall–Kier alpha value is -2.93. The normalized spacial score (nSPS) is 14.8. The zero-order valence-electron chi connectivity index (χ0n) is 17.1. The molecule has 7 heteroatoms. The van der Waals surface area contributed by atoms with Gasteiger partial charge in [0.05, 0.1) is 19.0 Å². The number of hydrogen-bond donors (Lipinski definition) is 2. The van der Waals surface area contributed by atoms with Gasteiger partial charge < -0.3 is 15.1 Å². The van der Waals surface area contributed by atoms with E-state index in [1.165, 1.54) is 16.5 Å². The summed E-state index contributed by atoms with van der Waals surface area (Å²) in [6.45, 7) is 2.74. The molecule has 0 aliphatic carbocycles. The molecule has 2 aromatic carbocycles. The van der Waals surface area contributed by atoms with E-state index in [-0.39, 0.29) is 22.4 Å². The SMILES string of the molecule is C[NH+](C)Cc1ccccc1CNC(=O)C1CCN(c2ccccc2[N+](=O)[O-])CC1. The van der Waals surface area contributed by atoms with Crippen LogP contribution in [0, 0.1) is 16.0 Å². The Labute approximate surface area is 171 Å². The molecule has 0 saturated carbocycles. The van der Waals surface area contributed by atoms with Gasteiger partial charge in [-0.15, -0.1) is 0 Å². The van der Waals surface area contributed by atoms with E-state index in [9.17, 15) is 14.9 Å². The summed E-state index contributed by atoms with van der Waals surface area (Å²) in [5.41, 5.74) is 3.16. The van der Waals surface area contributed by atoms with E-state index in [0.29, 0.717) is 38.2 Å². The second-order valence-corrected chi connectivity index (χ2v) is 7.88. The lowest BCUT2D eigenvalue weighted by Crippen LogP contribution is -3.04. The van der Waals surface area contributed by atoms with E-state index >= 15 is 0 Å². The lowest BCUT2D eigenvalue weighted by atomic mass is 9.95. The van der Waals surface area contributed by atoms with Gasteiger partial charge in [0.15, 0.2) is 0 Å². The Morgan fingerprint density at radius 2 is 1.72 bits per heavy atom. The van der Waals surface area contributed by atoms with Crippen LogP contribution in [0.25, 0.3) is 0 Å². The molecule has 1 fully saturated rings. The molecule has 1 saturated heterocycles. The summed E-state index contributed by atoms with van der Waals surface area (Å²) in [5.74, 6) is 0.0138. The first kappa shape index (κ1) is 20.8. The zero-order valence-corrected chi connectivity index (χ0v) is 17.1. The van der Waals surface area contributed by atoms with Crippen molar-refractivity contribution in [2.24, 2.45) is 5.92 Å². The predicted octanol–water partition coefficient (Wildman–Crippen LogP) is 1.77. The average molecular weight is 397 g/mol. The van der Waals surface area contributed by atoms with Gasteiger partial charge in [-0.2, -0.15) is 0 Å². The van der Waals surface area contributed by atoms with Gasteiger partial charge in [0.1, 0.15) is 12.2 Å². The number of carbonyl (C=O) groups is 1. The first-order valence-corrected chi connectivity index (χ1v) is 10.1. The van der Waals surface area contributed by atoms with Gasteiger partial charge in [-0.3, -0.25) is 14.9 Å². The van der Waals surface area contributed by atoms with Crippen LogP contribution in [0.2, 0.25) is 0 Å². The van der Waals surface area contributed by atoms with Crippen molar-refractivity contribution < 1.29 is 14.6 Å². The van der Waals surface area contributed by atoms with Crippen LogP contribution in [0.1, 0.15) is 24.0 Å². The Balaban J connectivity index is 1.56. The number of amides is 1. The zero-order chi connectivity index (χ0) is 20.8. The van der Waals surface area contributed by atoms with E-state index in [4.69, 9.17) is 0 Å². The molecular formula is C22H29N4O3+. The van der Waals surface area contributed by atoms with Crippen LogP contribution in [-0.2, 0) is 17.9 Å². The van der Waals surface area contributed by atoms with Gasteiger partial charge in [-0.1, -0.05) is 36.4 Å². The number of benzene rings is 2. The van der Waals surface area contributed by atoms with Crippen molar-refractivity contribution in [3.8, 4) is 0 Å². The summed E-state index contributed by atoms with van der Waals surface area (Å²) in [5, 5.41) is 14.4. The highest BCUT2D eigenvalue weighted by atomic mass is 16.6. The molecule has 2 aromatic rings. The molecule has 154 valence electrons. The molecular weight excluding hydrogens is 368 g/mol. The van der Waals surface area contributed by atoms with Gasteiger partial charge in [-0.05, 0) is 24.5 Å². The number of nitrogens with one attached hydrogen (secondary N) is 2. The number of nitro groups is 1. The predicted molar refractivity (Wildman–Crippen MR) is 113 cm³/mol. The van der Waals surface area contributed by atoms with Crippen LogP contribution in [0.5, 0.6) is 0 Å². The molecule has 0 bridgehead atoms. The minimum Gasteiger partial charge on any atom is -0.366 e. The van der Waals surface area contributed by atoms with Gasteiger partial charge in [0, 0.05) is 37.2 Å². The van der Waals surface area contributed by atoms with Crippen molar-refractivity contribution >= 4 is 17.3 Å². The number of piperidine rings is 1. The molecule has 0 radical (unpaired) electrons. The monoisotopic (exact) mass is 397 g/mol. The molecule has 0 spiro atoms. The Kier molecular flexibility index (Phi) is 6.82. The summed E-state index contributed by atoms with van der Waals surface area (Å²) >= 11 is 0. The van der Waals surface area contributed by atoms with Crippen LogP contribution >= 0.6 is 0 Å². The number of anilines is 1. The van der Waals surface area contributed by atoms with Crippen LogP contribution < -0.4 is 15.1 Å². The topological polar surface area (TPSA) is 79.9 Å². The third-order valence-corrected chi connectivity index (χ3v) is 5.40.